The molecule has 1 fully saturated rings. The summed E-state index contributed by atoms with van der Waals surface area (Å²) in [5, 5.41) is 74.7. The van der Waals surface area contributed by atoms with Gasteiger partial charge in [-0.1, -0.05) is 197 Å². The van der Waals surface area contributed by atoms with Gasteiger partial charge in [-0.2, -0.15) is 0 Å². The van der Waals surface area contributed by atoms with Crippen LogP contribution in [0.15, 0.2) is 48.6 Å². The van der Waals surface area contributed by atoms with Crippen LogP contribution in [0, 0.1) is 0 Å². The maximum atomic E-state index is 13.0. The number of carbonyl (C=O) groups excluding carboxylic acids is 1. The van der Waals surface area contributed by atoms with Crippen LogP contribution in [0.3, 0.4) is 0 Å². The molecule has 0 radical (unpaired) electrons. The number of aliphatic hydroxyl groups excluding tert-OH is 7. The zero-order valence-electron chi connectivity index (χ0n) is 41.8. The first-order chi connectivity index (χ1) is 32.3. The quantitative estimate of drug-likeness (QED) is 0.0158. The number of phosphoric acid groups is 1. The van der Waals surface area contributed by atoms with E-state index in [0.717, 1.165) is 70.6 Å². The molecule has 392 valence electrons. The third kappa shape index (κ3) is 33.5. The molecule has 0 aromatic heterocycles. The summed E-state index contributed by atoms with van der Waals surface area (Å²) in [5.41, 5.74) is 0. The van der Waals surface area contributed by atoms with Crippen molar-refractivity contribution in [1.82, 2.24) is 5.32 Å². The van der Waals surface area contributed by atoms with Gasteiger partial charge in [-0.05, 0) is 64.2 Å². The molecule has 9 N–H and O–H groups in total. The van der Waals surface area contributed by atoms with Crippen molar-refractivity contribution >= 4 is 13.7 Å². The minimum atomic E-state index is -5.16. The smallest absolute Gasteiger partial charge is 0.393 e. The first-order valence-electron chi connectivity index (χ1n) is 26.7. The van der Waals surface area contributed by atoms with Gasteiger partial charge in [0.15, 0.2) is 0 Å². The van der Waals surface area contributed by atoms with E-state index < -0.39 is 75.2 Å². The highest BCUT2D eigenvalue weighted by molar-refractivity contribution is 7.47. The molecule has 0 aromatic carbocycles. The number of allylic oxidation sites excluding steroid dienone is 7. The van der Waals surface area contributed by atoms with Crippen molar-refractivity contribution in [1.29, 1.82) is 0 Å². The van der Waals surface area contributed by atoms with E-state index in [0.29, 0.717) is 12.8 Å². The minimum absolute atomic E-state index is 0.263. The van der Waals surface area contributed by atoms with E-state index in [-0.39, 0.29) is 6.42 Å². The highest BCUT2D eigenvalue weighted by Crippen LogP contribution is 2.47. The minimum Gasteiger partial charge on any atom is -0.393 e. The molecule has 0 saturated heterocycles. The normalized spacial score (nSPS) is 22.6. The zero-order chi connectivity index (χ0) is 49.4. The van der Waals surface area contributed by atoms with Crippen LogP contribution in [0.1, 0.15) is 219 Å². The Morgan fingerprint density at radius 2 is 0.925 bits per heavy atom. The molecule has 0 aliphatic heterocycles. The van der Waals surface area contributed by atoms with Gasteiger partial charge in [0, 0.05) is 0 Å². The molecule has 14 heteroatoms. The fourth-order valence-corrected chi connectivity index (χ4v) is 9.25. The number of rotatable bonds is 44. The number of hydrogen-bond acceptors (Lipinski definition) is 11. The van der Waals surface area contributed by atoms with Crippen LogP contribution in [0.4, 0.5) is 0 Å². The molecule has 8 unspecified atom stereocenters. The van der Waals surface area contributed by atoms with Gasteiger partial charge in [-0.25, -0.2) is 4.57 Å². The average Bonchev–Trinajstić information content (AvgIpc) is 3.30. The van der Waals surface area contributed by atoms with Crippen LogP contribution in [0.5, 0.6) is 0 Å². The van der Waals surface area contributed by atoms with Crippen molar-refractivity contribution in [3.05, 3.63) is 48.6 Å². The highest BCUT2D eigenvalue weighted by Gasteiger charge is 2.51. The number of unbranched alkanes of at least 4 members (excludes halogenated alkanes) is 25. The van der Waals surface area contributed by atoms with Crippen molar-refractivity contribution in [2.45, 2.75) is 274 Å². The van der Waals surface area contributed by atoms with E-state index in [1.807, 2.05) is 0 Å². The lowest BCUT2D eigenvalue weighted by Crippen LogP contribution is -2.64. The van der Waals surface area contributed by atoms with Crippen LogP contribution in [-0.2, 0) is 18.4 Å². The molecule has 0 bridgehead atoms. The molecule has 1 aliphatic carbocycles. The molecular weight excluding hydrogens is 874 g/mol. The SMILES string of the molecule is CCCCCCCCCCC/C=C\C/C=C\CCCCCCCC(O)CC(=O)NC(COP(=O)(O)OC1C(O)C(O)C(O)C(O)C1O)C(O)/C=C/CC/C=C/CCCCCCCCCCCC. The van der Waals surface area contributed by atoms with E-state index in [1.165, 1.54) is 122 Å². The zero-order valence-corrected chi connectivity index (χ0v) is 42.7. The Morgan fingerprint density at radius 3 is 1.40 bits per heavy atom. The fraction of sp³-hybridized carbons (Fsp3) is 0.830. The van der Waals surface area contributed by atoms with Crippen LogP contribution < -0.4 is 5.32 Å². The van der Waals surface area contributed by atoms with Crippen molar-refractivity contribution in [3.63, 3.8) is 0 Å². The van der Waals surface area contributed by atoms with E-state index in [2.05, 4.69) is 55.6 Å². The standard InChI is InChI=1S/C53H98NO12P/c1-3-5-7-9-11-13-15-17-19-21-22-23-24-25-26-28-30-32-34-36-38-40-44(55)42-47(57)54-45(43-65-67(63,64)66-53-51(61)49(59)48(58)50(60)52(53)62)46(56)41-39-37-35-33-31-29-27-20-18-16-14-12-10-8-6-4-2/h22-23,25-26,31,33,39,41,44-46,48-53,55-56,58-62H,3-21,24,27-30,32,34-38,40,42-43H2,1-2H3,(H,54,57)(H,63,64)/b23-22-,26-25-,33-31+,41-39+. The van der Waals surface area contributed by atoms with Crippen LogP contribution >= 0.6 is 7.82 Å². The van der Waals surface area contributed by atoms with Gasteiger partial charge in [0.1, 0.15) is 36.6 Å². The number of aliphatic hydroxyl groups is 7. The number of carbonyl (C=O) groups is 1. The molecular formula is C53H98NO12P. The molecule has 0 spiro atoms. The Balaban J connectivity index is 2.49. The second kappa shape index (κ2) is 42.0. The monoisotopic (exact) mass is 972 g/mol. The van der Waals surface area contributed by atoms with Crippen LogP contribution in [0.2, 0.25) is 0 Å². The average molecular weight is 972 g/mol. The molecule has 1 amide bonds. The second-order valence-corrected chi connectivity index (χ2v) is 20.3. The Bertz CT molecular complexity index is 1330. The number of amides is 1. The third-order valence-corrected chi connectivity index (χ3v) is 13.6. The van der Waals surface area contributed by atoms with Gasteiger partial charge in [0.05, 0.1) is 31.3 Å². The van der Waals surface area contributed by atoms with Gasteiger partial charge in [-0.15, -0.1) is 0 Å². The first kappa shape index (κ1) is 63.3. The Kier molecular flexibility index (Phi) is 39.7. The van der Waals surface area contributed by atoms with E-state index in [4.69, 9.17) is 9.05 Å². The van der Waals surface area contributed by atoms with Crippen molar-refractivity contribution < 1.29 is 59.0 Å². The van der Waals surface area contributed by atoms with Gasteiger partial charge in [0.2, 0.25) is 5.91 Å². The highest BCUT2D eigenvalue weighted by atomic mass is 31.2. The Morgan fingerprint density at radius 1 is 0.537 bits per heavy atom. The summed E-state index contributed by atoms with van der Waals surface area (Å²) in [7, 11) is -5.16. The summed E-state index contributed by atoms with van der Waals surface area (Å²) in [6, 6.07) is -1.26. The topological polar surface area (TPSA) is 226 Å². The summed E-state index contributed by atoms with van der Waals surface area (Å²) in [6.07, 6.45) is 37.7. The predicted molar refractivity (Wildman–Crippen MR) is 270 cm³/mol. The van der Waals surface area contributed by atoms with Crippen LogP contribution in [0.25, 0.3) is 0 Å². The van der Waals surface area contributed by atoms with Gasteiger partial charge in [0.25, 0.3) is 0 Å². The van der Waals surface area contributed by atoms with E-state index >= 15 is 0 Å². The summed E-state index contributed by atoms with van der Waals surface area (Å²) >= 11 is 0. The summed E-state index contributed by atoms with van der Waals surface area (Å²) in [6.45, 7) is 3.74. The summed E-state index contributed by atoms with van der Waals surface area (Å²) < 4.78 is 22.9. The first-order valence-corrected chi connectivity index (χ1v) is 28.2. The predicted octanol–water partition coefficient (Wildman–Crippen LogP) is 10.3. The van der Waals surface area contributed by atoms with Gasteiger partial charge in [-0.3, -0.25) is 13.8 Å². The van der Waals surface area contributed by atoms with E-state index in [9.17, 15) is 50.0 Å². The molecule has 0 heterocycles. The van der Waals surface area contributed by atoms with Crippen molar-refractivity contribution in [3.8, 4) is 0 Å². The molecule has 8 atom stereocenters. The lowest BCUT2D eigenvalue weighted by atomic mass is 9.85. The van der Waals surface area contributed by atoms with Gasteiger partial charge < -0.3 is 46.0 Å². The lowest BCUT2D eigenvalue weighted by Gasteiger charge is -2.41. The third-order valence-electron chi connectivity index (χ3n) is 12.6. The lowest BCUT2D eigenvalue weighted by molar-refractivity contribution is -0.220. The maximum absolute atomic E-state index is 13.0. The van der Waals surface area contributed by atoms with E-state index in [1.54, 1.807) is 6.08 Å². The van der Waals surface area contributed by atoms with Crippen LogP contribution in [-0.4, -0.2) is 108 Å². The molecule has 13 nitrogen and oxygen atoms in total. The Hall–Kier alpha value is -1.74. The number of phosphoric ester groups is 1. The summed E-state index contributed by atoms with van der Waals surface area (Å²) in [5.74, 6) is -0.611. The second-order valence-electron chi connectivity index (χ2n) is 18.9. The molecule has 0 aromatic rings. The largest absolute Gasteiger partial charge is 0.472 e. The Labute approximate surface area is 406 Å². The fourth-order valence-electron chi connectivity index (χ4n) is 8.29. The molecule has 1 aliphatic rings. The summed E-state index contributed by atoms with van der Waals surface area (Å²) in [4.78, 5) is 23.5. The molecule has 1 saturated carbocycles. The van der Waals surface area contributed by atoms with Gasteiger partial charge >= 0.3 is 7.82 Å². The molecule has 1 rings (SSSR count). The number of nitrogens with one attached hydrogen (secondary N) is 1. The van der Waals surface area contributed by atoms with Crippen molar-refractivity contribution in [2.75, 3.05) is 6.61 Å². The maximum Gasteiger partial charge on any atom is 0.472 e. The van der Waals surface area contributed by atoms with Crippen molar-refractivity contribution in [2.24, 2.45) is 0 Å². The molecule has 67 heavy (non-hydrogen) atoms. The number of hydrogen-bond donors (Lipinski definition) is 9.